The van der Waals surface area contributed by atoms with Gasteiger partial charge in [0.25, 0.3) is 5.91 Å². The predicted molar refractivity (Wildman–Crippen MR) is 243 cm³/mol. The Morgan fingerprint density at radius 2 is 1.73 bits per heavy atom. The summed E-state index contributed by atoms with van der Waals surface area (Å²) in [5.41, 5.74) is -7.83. The topological polar surface area (TPSA) is 170 Å². The van der Waals surface area contributed by atoms with Crippen LogP contribution in [0.4, 0.5) is 46.5 Å². The minimum atomic E-state index is -5.33. The molecule has 4 aromatic rings. The van der Waals surface area contributed by atoms with Gasteiger partial charge in [-0.25, -0.2) is 8.78 Å². The van der Waals surface area contributed by atoms with Crippen LogP contribution in [0.15, 0.2) is 54.3 Å². The van der Waals surface area contributed by atoms with Crippen LogP contribution < -0.4 is 25.2 Å². The number of amides is 4. The molecule has 14 nitrogen and oxygen atoms in total. The minimum absolute atomic E-state index is 0.0591. The van der Waals surface area contributed by atoms with Gasteiger partial charge in [0.2, 0.25) is 17.7 Å². The van der Waals surface area contributed by atoms with Crippen molar-refractivity contribution in [3.05, 3.63) is 87.5 Å². The summed E-state index contributed by atoms with van der Waals surface area (Å²) in [5.74, 6) is -5.77. The minimum Gasteiger partial charge on any atom is -0.494 e. The summed E-state index contributed by atoms with van der Waals surface area (Å²) in [6.07, 6.45) is -6.13. The highest BCUT2D eigenvalue weighted by atomic mass is 32.1. The lowest BCUT2D eigenvalue weighted by Crippen LogP contribution is -2.58. The zero-order valence-corrected chi connectivity index (χ0v) is 39.8. The molecule has 2 aliphatic heterocycles. The summed E-state index contributed by atoms with van der Waals surface area (Å²) >= 11 is 6.76. The number of nitrogens with zero attached hydrogens (tertiary/aromatic N) is 6. The number of pyridine rings is 1. The summed E-state index contributed by atoms with van der Waals surface area (Å²) in [6.45, 7) is 8.08. The van der Waals surface area contributed by atoms with E-state index in [4.69, 9.17) is 27.0 Å². The number of alkyl halides is 6. The van der Waals surface area contributed by atoms with E-state index in [0.29, 0.717) is 42.8 Å². The number of halogens is 8. The number of hydrogen-bond acceptors (Lipinski definition) is 11. The molecule has 4 heterocycles. The largest absolute Gasteiger partial charge is 0.494 e. The van der Waals surface area contributed by atoms with E-state index >= 15 is 8.78 Å². The van der Waals surface area contributed by atoms with Crippen molar-refractivity contribution in [2.75, 3.05) is 36.2 Å². The number of ether oxygens (including phenoxy) is 2. The number of carbonyl (C=O) groups is 4. The Balaban J connectivity index is 1.04. The van der Waals surface area contributed by atoms with Crippen LogP contribution in [0.2, 0.25) is 0 Å². The number of benzene rings is 2. The van der Waals surface area contributed by atoms with Gasteiger partial charge in [-0.15, -0.1) is 11.3 Å². The number of unbranched alkanes of at least 4 members (excludes halogenated alkanes) is 1. The molecule has 0 spiro atoms. The number of thiazole rings is 1. The molecule has 2 unspecified atom stereocenters. The molecule has 6 rings (SSSR count). The number of thiocarbonyl (C=S) groups is 1. The number of anilines is 2. The van der Waals surface area contributed by atoms with Gasteiger partial charge in [-0.2, -0.15) is 31.6 Å². The Morgan fingerprint density at radius 1 is 1.01 bits per heavy atom. The van der Waals surface area contributed by atoms with E-state index in [1.165, 1.54) is 42.2 Å². The summed E-state index contributed by atoms with van der Waals surface area (Å²) in [6, 6.07) is 4.52. The van der Waals surface area contributed by atoms with Crippen molar-refractivity contribution >= 4 is 63.7 Å². The molecule has 2 aliphatic rings. The van der Waals surface area contributed by atoms with Crippen molar-refractivity contribution in [1.82, 2.24) is 25.5 Å². The van der Waals surface area contributed by atoms with E-state index in [9.17, 15) is 45.5 Å². The number of likely N-dealkylation sites (tertiary alicyclic amines) is 1. The first-order valence-corrected chi connectivity index (χ1v) is 22.9. The van der Waals surface area contributed by atoms with E-state index in [0.717, 1.165) is 34.2 Å². The van der Waals surface area contributed by atoms with Gasteiger partial charge in [-0.05, 0) is 87.5 Å². The average Bonchev–Trinajstić information content (AvgIpc) is 4.03. The molecule has 2 saturated heterocycles. The third kappa shape index (κ3) is 11.5. The molecule has 70 heavy (non-hydrogen) atoms. The Morgan fingerprint density at radius 3 is 2.36 bits per heavy atom. The molecule has 0 radical (unpaired) electrons. The van der Waals surface area contributed by atoms with Gasteiger partial charge in [0.1, 0.15) is 41.2 Å². The number of hydrogen-bond donors (Lipinski definition) is 2. The third-order valence-corrected chi connectivity index (χ3v) is 12.6. The van der Waals surface area contributed by atoms with Crippen molar-refractivity contribution in [1.29, 1.82) is 5.26 Å². The molecule has 0 bridgehead atoms. The van der Waals surface area contributed by atoms with Crippen molar-refractivity contribution in [3.8, 4) is 23.1 Å². The summed E-state index contributed by atoms with van der Waals surface area (Å²) in [7, 11) is 0. The van der Waals surface area contributed by atoms with Crippen LogP contribution in [0.1, 0.15) is 81.9 Å². The Kier molecular flexibility index (Phi) is 15.9. The van der Waals surface area contributed by atoms with E-state index in [1.54, 1.807) is 32.5 Å². The van der Waals surface area contributed by atoms with Gasteiger partial charge >= 0.3 is 12.4 Å². The molecule has 374 valence electrons. The molecule has 4 amide bonds. The summed E-state index contributed by atoms with van der Waals surface area (Å²) < 4.78 is 127. The highest BCUT2D eigenvalue weighted by molar-refractivity contribution is 7.81. The van der Waals surface area contributed by atoms with Crippen LogP contribution in [0.25, 0.3) is 11.3 Å². The fourth-order valence-electron chi connectivity index (χ4n) is 7.95. The highest BCUT2D eigenvalue weighted by Crippen LogP contribution is 2.44. The van der Waals surface area contributed by atoms with Gasteiger partial charge in [0.05, 0.1) is 53.4 Å². The number of nitriles is 1. The van der Waals surface area contributed by atoms with E-state index in [1.807, 2.05) is 0 Å². The van der Waals surface area contributed by atoms with Gasteiger partial charge in [-0.3, -0.25) is 34.0 Å². The van der Waals surface area contributed by atoms with Gasteiger partial charge in [-0.1, -0.05) is 20.8 Å². The molecule has 0 aliphatic carbocycles. The second kappa shape index (κ2) is 21.0. The molecule has 2 atom stereocenters. The lowest BCUT2D eigenvalue weighted by Gasteiger charge is -2.35. The quantitative estimate of drug-likeness (QED) is 0.0629. The second-order valence-corrected chi connectivity index (χ2v) is 19.2. The molecule has 24 heteroatoms. The summed E-state index contributed by atoms with van der Waals surface area (Å²) in [4.78, 5) is 65.0. The van der Waals surface area contributed by atoms with Gasteiger partial charge in [0, 0.05) is 35.9 Å². The lowest BCUT2D eigenvalue weighted by molar-refractivity contribution is -0.144. The van der Waals surface area contributed by atoms with Crippen LogP contribution in [-0.2, 0) is 42.8 Å². The number of aromatic nitrogens is 2. The van der Waals surface area contributed by atoms with Crippen LogP contribution >= 0.6 is 23.6 Å². The Labute approximate surface area is 405 Å². The van der Waals surface area contributed by atoms with Crippen LogP contribution in [0.5, 0.6) is 5.75 Å². The number of nitrogens with one attached hydrogen (secondary N) is 2. The smallest absolute Gasteiger partial charge is 0.420 e. The molecule has 2 N–H and O–H groups in total. The van der Waals surface area contributed by atoms with E-state index < -0.39 is 110 Å². The Bertz CT molecular complexity index is 2690. The average molecular weight is 1020 g/mol. The monoisotopic (exact) mass is 1020 g/mol. The standard InChI is InChI=1S/C46H46F8N8O6S2/c1-43(2,3)38(40(65)60-14-8-9-33(60)39(64)58-22-28-21-56-24-70-28)59-34(63)23-67-15-6-7-16-68-27-11-12-29(30(18-27)45(49,50)51)37-31(47)17-26(20-57-37)62-42(69)61(41(66)44(62,4)5)32-13-10-25(19-55)35(36(32)48)46(52,53)54/h10-13,17-18,20-21,24,33,38H,6-9,14-16,22-23H2,1-5H3,(H,58,64)(H,59,63). The second-order valence-electron chi connectivity index (χ2n) is 17.8. The zero-order valence-electron chi connectivity index (χ0n) is 38.2. The number of rotatable bonds is 16. The maximum absolute atomic E-state index is 15.9. The maximum Gasteiger partial charge on any atom is 0.420 e. The third-order valence-electron chi connectivity index (χ3n) is 11.4. The van der Waals surface area contributed by atoms with Crippen molar-refractivity contribution in [2.24, 2.45) is 5.41 Å². The molecular weight excluding hydrogens is 977 g/mol. The molecule has 0 saturated carbocycles. The van der Waals surface area contributed by atoms with Gasteiger partial charge in [0.15, 0.2) is 16.7 Å². The molecular formula is C46H46F8N8O6S2. The first kappa shape index (κ1) is 53.0. The fourth-order valence-corrected chi connectivity index (χ4v) is 9.00. The predicted octanol–water partition coefficient (Wildman–Crippen LogP) is 8.32. The van der Waals surface area contributed by atoms with E-state index in [-0.39, 0.29) is 43.5 Å². The normalized spacial score (nSPS) is 16.6. The zero-order chi connectivity index (χ0) is 51.5. The SMILES string of the molecule is CC(C)(C)C(NC(=O)COCCCCOc1ccc(-c2ncc(N3C(=S)N(c4ccc(C#N)c(C(F)(F)F)c4F)C(=O)C3(C)C)cc2F)c(C(F)(F)F)c1)C(=O)N1CCCC1C(=O)NCc1cncs1. The summed E-state index contributed by atoms with van der Waals surface area (Å²) in [5, 5.41) is 14.1. The number of carbonyl (C=O) groups excluding carboxylic acids is 4. The van der Waals surface area contributed by atoms with E-state index in [2.05, 4.69) is 20.6 Å². The first-order chi connectivity index (χ1) is 32.8. The van der Waals surface area contributed by atoms with Crippen LogP contribution in [0.3, 0.4) is 0 Å². The van der Waals surface area contributed by atoms with Gasteiger partial charge < -0.3 is 29.9 Å². The molecule has 2 aromatic heterocycles. The van der Waals surface area contributed by atoms with Crippen molar-refractivity contribution in [2.45, 2.75) is 96.8 Å². The van der Waals surface area contributed by atoms with Crippen molar-refractivity contribution < 1.29 is 63.8 Å². The first-order valence-electron chi connectivity index (χ1n) is 21.6. The highest BCUT2D eigenvalue weighted by Gasteiger charge is 2.52. The Hall–Kier alpha value is -6.32. The van der Waals surface area contributed by atoms with Crippen LogP contribution in [0, 0.1) is 28.4 Å². The van der Waals surface area contributed by atoms with Crippen LogP contribution in [-0.4, -0.2) is 87.6 Å². The lowest BCUT2D eigenvalue weighted by atomic mass is 9.85. The maximum atomic E-state index is 15.9. The molecule has 2 fully saturated rings. The fraction of sp³-hybridized carbons (Fsp3) is 0.435. The molecule has 2 aromatic carbocycles. The van der Waals surface area contributed by atoms with Crippen molar-refractivity contribution in [3.63, 3.8) is 0 Å².